The highest BCUT2D eigenvalue weighted by atomic mass is 31.2. The molecule has 0 saturated carbocycles. The molecule has 47 heavy (non-hydrogen) atoms. The maximum atomic E-state index is 12.4. The first kappa shape index (κ1) is 46.5. The summed E-state index contributed by atoms with van der Waals surface area (Å²) in [7, 11) is -4.26. The second kappa shape index (κ2) is 36.8. The summed E-state index contributed by atoms with van der Waals surface area (Å²) in [5, 5.41) is 0. The molecule has 0 bridgehead atoms. The molecule has 0 saturated heterocycles. The van der Waals surface area contributed by atoms with E-state index in [-0.39, 0.29) is 32.3 Å². The van der Waals surface area contributed by atoms with Crippen LogP contribution >= 0.6 is 7.82 Å². The maximum Gasteiger partial charge on any atom is 0.472 e. The van der Waals surface area contributed by atoms with Gasteiger partial charge in [-0.2, -0.15) is 0 Å². The monoisotopic (exact) mass is 692 g/mol. The largest absolute Gasteiger partial charge is 0.472 e. The first-order chi connectivity index (χ1) is 22.9. The summed E-state index contributed by atoms with van der Waals surface area (Å²) < 4.78 is 33.2. The number of phosphoric ester groups is 1. The molecule has 0 aromatic rings. The van der Waals surface area contributed by atoms with Crippen molar-refractivity contribution < 1.29 is 32.8 Å². The number of rotatable bonds is 39. The summed E-state index contributed by atoms with van der Waals surface area (Å²) in [4.78, 5) is 22.2. The van der Waals surface area contributed by atoms with Crippen LogP contribution < -0.4 is 5.73 Å². The molecule has 0 aromatic heterocycles. The van der Waals surface area contributed by atoms with Crippen LogP contribution in [-0.4, -0.2) is 49.9 Å². The van der Waals surface area contributed by atoms with Crippen molar-refractivity contribution in [2.24, 2.45) is 5.73 Å². The summed E-state index contributed by atoms with van der Waals surface area (Å²) >= 11 is 0. The Bertz CT molecular complexity index is 697. The summed E-state index contributed by atoms with van der Waals surface area (Å²) in [6, 6.07) is 0. The van der Waals surface area contributed by atoms with Crippen molar-refractivity contribution in [3.8, 4) is 0 Å². The molecule has 9 heteroatoms. The number of esters is 1. The van der Waals surface area contributed by atoms with Gasteiger partial charge in [0, 0.05) is 19.6 Å². The molecule has 2 atom stereocenters. The third-order valence-electron chi connectivity index (χ3n) is 8.77. The molecule has 0 spiro atoms. The lowest BCUT2D eigenvalue weighted by Crippen LogP contribution is -2.28. The highest BCUT2D eigenvalue weighted by molar-refractivity contribution is 7.47. The van der Waals surface area contributed by atoms with E-state index in [1.807, 2.05) is 0 Å². The van der Waals surface area contributed by atoms with Crippen LogP contribution in [0.5, 0.6) is 0 Å². The van der Waals surface area contributed by atoms with E-state index < -0.39 is 13.9 Å². The topological polar surface area (TPSA) is 117 Å². The molecule has 0 heterocycles. The van der Waals surface area contributed by atoms with Gasteiger partial charge in [-0.3, -0.25) is 13.8 Å². The number of carbonyl (C=O) groups excluding carboxylic acids is 1. The Hall–Kier alpha value is -0.500. The second-order valence-corrected chi connectivity index (χ2v) is 15.0. The average molecular weight is 692 g/mol. The number of hydrogen-bond acceptors (Lipinski definition) is 7. The Morgan fingerprint density at radius 1 is 0.553 bits per heavy atom. The summed E-state index contributed by atoms with van der Waals surface area (Å²) in [5.74, 6) is -0.333. The Morgan fingerprint density at radius 3 is 1.34 bits per heavy atom. The molecule has 0 aliphatic heterocycles. The first-order valence-electron chi connectivity index (χ1n) is 20.0. The number of ether oxygens (including phenoxy) is 2. The van der Waals surface area contributed by atoms with E-state index in [1.54, 1.807) is 0 Å². The zero-order chi connectivity index (χ0) is 34.5. The Labute approximate surface area is 291 Å². The summed E-state index contributed by atoms with van der Waals surface area (Å²) in [6.07, 6.45) is 35.7. The standard InChI is InChI=1S/C38H78NO7P/c1-3-5-7-9-11-12-13-14-15-16-17-18-19-20-21-22-23-24-26-28-30-33-43-35-37(36-45-47(41,42)44-34-32-39)46-38(40)31-29-27-25-10-8-6-4-2/h37H,3-36,39H2,1-2H3,(H,41,42). The van der Waals surface area contributed by atoms with Gasteiger partial charge < -0.3 is 20.1 Å². The smallest absolute Gasteiger partial charge is 0.457 e. The van der Waals surface area contributed by atoms with Crippen molar-refractivity contribution in [1.82, 2.24) is 0 Å². The predicted molar refractivity (Wildman–Crippen MR) is 197 cm³/mol. The van der Waals surface area contributed by atoms with Crippen molar-refractivity contribution >= 4 is 13.8 Å². The minimum Gasteiger partial charge on any atom is -0.457 e. The SMILES string of the molecule is CCCCCCCCCCCCCCCCCCCCCCCOCC(COP(=O)(O)OCCN)OC(=O)CCCCCCCCC. The molecule has 8 nitrogen and oxygen atoms in total. The molecular weight excluding hydrogens is 613 g/mol. The van der Waals surface area contributed by atoms with E-state index in [0.29, 0.717) is 13.0 Å². The van der Waals surface area contributed by atoms with Crippen LogP contribution in [0.25, 0.3) is 0 Å². The minimum atomic E-state index is -4.26. The van der Waals surface area contributed by atoms with Crippen molar-refractivity contribution in [3.05, 3.63) is 0 Å². The lowest BCUT2D eigenvalue weighted by Gasteiger charge is -2.20. The molecule has 282 valence electrons. The highest BCUT2D eigenvalue weighted by Crippen LogP contribution is 2.43. The van der Waals surface area contributed by atoms with Gasteiger partial charge >= 0.3 is 13.8 Å². The van der Waals surface area contributed by atoms with Gasteiger partial charge in [-0.05, 0) is 12.8 Å². The van der Waals surface area contributed by atoms with Gasteiger partial charge in [-0.1, -0.05) is 181 Å². The summed E-state index contributed by atoms with van der Waals surface area (Å²) in [6.45, 7) is 4.92. The van der Waals surface area contributed by atoms with Crippen molar-refractivity contribution in [3.63, 3.8) is 0 Å². The van der Waals surface area contributed by atoms with Crippen LogP contribution in [0.3, 0.4) is 0 Å². The Morgan fingerprint density at radius 2 is 0.936 bits per heavy atom. The van der Waals surface area contributed by atoms with Gasteiger partial charge in [0.05, 0.1) is 19.8 Å². The molecule has 3 N–H and O–H groups in total. The number of hydrogen-bond donors (Lipinski definition) is 2. The first-order valence-corrected chi connectivity index (χ1v) is 21.5. The molecule has 0 aliphatic rings. The maximum absolute atomic E-state index is 12.4. The van der Waals surface area contributed by atoms with Crippen LogP contribution in [-0.2, 0) is 27.9 Å². The lowest BCUT2D eigenvalue weighted by molar-refractivity contribution is -0.154. The van der Waals surface area contributed by atoms with Gasteiger partial charge in [0.1, 0.15) is 6.10 Å². The van der Waals surface area contributed by atoms with E-state index in [0.717, 1.165) is 32.1 Å². The number of carbonyl (C=O) groups is 1. The fourth-order valence-corrected chi connectivity index (χ4v) is 6.59. The van der Waals surface area contributed by atoms with Crippen molar-refractivity contribution in [2.75, 3.05) is 33.0 Å². The Balaban J connectivity index is 3.83. The molecule has 2 unspecified atom stereocenters. The molecule has 0 amide bonds. The molecule has 0 fully saturated rings. The van der Waals surface area contributed by atoms with Crippen LogP contribution in [0.15, 0.2) is 0 Å². The van der Waals surface area contributed by atoms with E-state index in [4.69, 9.17) is 24.3 Å². The van der Waals surface area contributed by atoms with E-state index >= 15 is 0 Å². The van der Waals surface area contributed by atoms with E-state index in [2.05, 4.69) is 13.8 Å². The van der Waals surface area contributed by atoms with Crippen LogP contribution in [0, 0.1) is 0 Å². The third kappa shape index (κ3) is 36.6. The normalized spacial score (nSPS) is 13.5. The van der Waals surface area contributed by atoms with E-state index in [1.165, 1.54) is 148 Å². The highest BCUT2D eigenvalue weighted by Gasteiger charge is 2.25. The predicted octanol–water partition coefficient (Wildman–Crippen LogP) is 11.4. The minimum absolute atomic E-state index is 0.0908. The molecule has 0 radical (unpaired) electrons. The van der Waals surface area contributed by atoms with E-state index in [9.17, 15) is 14.3 Å². The van der Waals surface area contributed by atoms with Gasteiger partial charge in [-0.25, -0.2) is 4.57 Å². The molecule has 0 aromatic carbocycles. The van der Waals surface area contributed by atoms with Gasteiger partial charge in [0.2, 0.25) is 0 Å². The van der Waals surface area contributed by atoms with Crippen molar-refractivity contribution in [2.45, 2.75) is 206 Å². The van der Waals surface area contributed by atoms with Crippen LogP contribution in [0.4, 0.5) is 0 Å². The van der Waals surface area contributed by atoms with Crippen LogP contribution in [0.1, 0.15) is 200 Å². The number of nitrogens with two attached hydrogens (primary N) is 1. The quantitative estimate of drug-likeness (QED) is 0.0371. The molecule has 0 aliphatic carbocycles. The summed E-state index contributed by atoms with van der Waals surface area (Å²) in [5.41, 5.74) is 5.34. The fourth-order valence-electron chi connectivity index (χ4n) is 5.82. The number of phosphoric acid groups is 1. The third-order valence-corrected chi connectivity index (χ3v) is 9.76. The fraction of sp³-hybridized carbons (Fsp3) is 0.974. The molecule has 0 rings (SSSR count). The van der Waals surface area contributed by atoms with Crippen molar-refractivity contribution in [1.29, 1.82) is 0 Å². The lowest BCUT2D eigenvalue weighted by atomic mass is 10.0. The number of unbranched alkanes of at least 4 members (excludes halogenated alkanes) is 26. The van der Waals surface area contributed by atoms with Gasteiger partial charge in [0.15, 0.2) is 0 Å². The molecular formula is C38H78NO7P. The average Bonchev–Trinajstić information content (AvgIpc) is 3.06. The van der Waals surface area contributed by atoms with Gasteiger partial charge in [-0.15, -0.1) is 0 Å². The Kier molecular flexibility index (Phi) is 36.4. The zero-order valence-electron chi connectivity index (χ0n) is 31.0. The van der Waals surface area contributed by atoms with Gasteiger partial charge in [0.25, 0.3) is 0 Å². The zero-order valence-corrected chi connectivity index (χ0v) is 31.9. The second-order valence-electron chi connectivity index (χ2n) is 13.5. The van der Waals surface area contributed by atoms with Crippen LogP contribution in [0.2, 0.25) is 0 Å².